The Hall–Kier alpha value is -2.95. The molecule has 0 aromatic heterocycles. The summed E-state index contributed by atoms with van der Waals surface area (Å²) >= 11 is 0. The maximum Gasteiger partial charge on any atom is 0.223 e. The molecule has 0 heterocycles. The minimum absolute atomic E-state index is 0.0318. The number of Topliss-reactive ketones (excluding diaryl/α,β-unsaturated/α-hetero) is 2. The predicted molar refractivity (Wildman–Crippen MR) is 124 cm³/mol. The number of carbonyl (C=O) groups excluding carboxylic acids is 3. The van der Waals surface area contributed by atoms with Gasteiger partial charge in [0.25, 0.3) is 0 Å². The van der Waals surface area contributed by atoms with Crippen LogP contribution in [0.2, 0.25) is 0 Å². The zero-order valence-corrected chi connectivity index (χ0v) is 19.0. The molecule has 1 N–H and O–H groups in total. The molecule has 0 radical (unpaired) electrons. The third-order valence-electron chi connectivity index (χ3n) is 6.19. The van der Waals surface area contributed by atoms with Crippen molar-refractivity contribution in [2.75, 3.05) is 6.54 Å². The van der Waals surface area contributed by atoms with Gasteiger partial charge >= 0.3 is 0 Å². The number of hydrogen-bond acceptors (Lipinski definition) is 4. The van der Waals surface area contributed by atoms with Crippen LogP contribution in [-0.4, -0.2) is 34.0 Å². The number of aryl methyl sites for hydroxylation is 1. The first-order chi connectivity index (χ1) is 15.3. The molecule has 170 valence electrons. The quantitative estimate of drug-likeness (QED) is 0.581. The van der Waals surface area contributed by atoms with Crippen molar-refractivity contribution in [3.05, 3.63) is 65.2 Å². The Morgan fingerprint density at radius 1 is 1.03 bits per heavy atom. The van der Waals surface area contributed by atoms with Crippen molar-refractivity contribution in [3.63, 3.8) is 0 Å². The van der Waals surface area contributed by atoms with E-state index in [1.165, 1.54) is 13.8 Å². The number of carbonyl (C=O) groups is 3. The molecule has 1 atom stereocenters. The Bertz CT molecular complexity index is 937. The number of aromatic hydroxyl groups is 1. The zero-order valence-electron chi connectivity index (χ0n) is 19.0. The lowest BCUT2D eigenvalue weighted by atomic mass is 9.80. The summed E-state index contributed by atoms with van der Waals surface area (Å²) in [6.07, 6.45) is 3.82. The molecule has 2 aromatic rings. The Morgan fingerprint density at radius 2 is 1.72 bits per heavy atom. The second-order valence-corrected chi connectivity index (χ2v) is 9.11. The number of benzene rings is 2. The highest BCUT2D eigenvalue weighted by molar-refractivity contribution is 5.80. The smallest absolute Gasteiger partial charge is 0.223 e. The summed E-state index contributed by atoms with van der Waals surface area (Å²) < 4.78 is 0. The molecule has 0 fully saturated rings. The standard InChI is InChI=1S/C27H33NO4/c1-19(29)13-22(14-20(2)30)18-28(17-21-7-4-3-5-8-21)27(32)16-24-10-6-9-23-15-25(31)11-12-26(23)24/h3-5,7-8,11-12,15,22,24,31H,6,9-10,13-14,16-18H2,1-2H3. The van der Waals surface area contributed by atoms with Gasteiger partial charge in [0.05, 0.1) is 0 Å². The molecule has 1 aliphatic carbocycles. The fraction of sp³-hybridized carbons (Fsp3) is 0.444. The average Bonchev–Trinajstić information content (AvgIpc) is 2.73. The third-order valence-corrected chi connectivity index (χ3v) is 6.19. The van der Waals surface area contributed by atoms with Gasteiger partial charge < -0.3 is 19.6 Å². The Kier molecular flexibility index (Phi) is 8.20. The van der Waals surface area contributed by atoms with Crippen LogP contribution in [-0.2, 0) is 27.3 Å². The van der Waals surface area contributed by atoms with Gasteiger partial charge in [-0.2, -0.15) is 0 Å². The summed E-state index contributed by atoms with van der Waals surface area (Å²) in [6.45, 7) is 3.92. The average molecular weight is 436 g/mol. The number of hydrogen-bond donors (Lipinski definition) is 1. The molecule has 1 aliphatic rings. The highest BCUT2D eigenvalue weighted by Crippen LogP contribution is 2.36. The predicted octanol–water partition coefficient (Wildman–Crippen LogP) is 4.81. The van der Waals surface area contributed by atoms with Crippen molar-refractivity contribution >= 4 is 17.5 Å². The zero-order chi connectivity index (χ0) is 23.1. The van der Waals surface area contributed by atoms with Crippen LogP contribution in [0.4, 0.5) is 0 Å². The molecule has 0 bridgehead atoms. The maximum absolute atomic E-state index is 13.5. The largest absolute Gasteiger partial charge is 0.508 e. The molecule has 3 rings (SSSR count). The first-order valence-electron chi connectivity index (χ1n) is 11.4. The van der Waals surface area contributed by atoms with Crippen LogP contribution in [0.25, 0.3) is 0 Å². The lowest BCUT2D eigenvalue weighted by Gasteiger charge is -2.31. The van der Waals surface area contributed by atoms with Crippen molar-refractivity contribution in [2.24, 2.45) is 5.92 Å². The molecular weight excluding hydrogens is 402 g/mol. The lowest BCUT2D eigenvalue weighted by molar-refractivity contribution is -0.134. The van der Waals surface area contributed by atoms with Crippen LogP contribution < -0.4 is 0 Å². The summed E-state index contributed by atoms with van der Waals surface area (Å²) in [4.78, 5) is 38.9. The van der Waals surface area contributed by atoms with Crippen LogP contribution in [0.3, 0.4) is 0 Å². The van der Waals surface area contributed by atoms with Gasteiger partial charge in [-0.3, -0.25) is 4.79 Å². The van der Waals surface area contributed by atoms with Gasteiger partial charge in [-0.25, -0.2) is 0 Å². The fourth-order valence-electron chi connectivity index (χ4n) is 4.84. The molecule has 5 nitrogen and oxygen atoms in total. The number of fused-ring (bicyclic) bond motifs is 1. The minimum atomic E-state index is -0.173. The molecule has 2 aromatic carbocycles. The third kappa shape index (κ3) is 6.78. The fourth-order valence-corrected chi connectivity index (χ4v) is 4.84. The molecular formula is C27H33NO4. The van der Waals surface area contributed by atoms with Crippen LogP contribution in [0, 0.1) is 5.92 Å². The van der Waals surface area contributed by atoms with Crippen LogP contribution in [0.15, 0.2) is 48.5 Å². The van der Waals surface area contributed by atoms with Crippen molar-refractivity contribution in [3.8, 4) is 5.75 Å². The molecule has 1 amide bonds. The van der Waals surface area contributed by atoms with Gasteiger partial charge in [0, 0.05) is 32.4 Å². The van der Waals surface area contributed by atoms with Gasteiger partial charge in [-0.15, -0.1) is 0 Å². The van der Waals surface area contributed by atoms with Crippen molar-refractivity contribution in [1.29, 1.82) is 0 Å². The van der Waals surface area contributed by atoms with E-state index in [0.29, 0.717) is 32.4 Å². The van der Waals surface area contributed by atoms with E-state index >= 15 is 0 Å². The van der Waals surface area contributed by atoms with Crippen LogP contribution in [0.1, 0.15) is 68.6 Å². The van der Waals surface area contributed by atoms with E-state index < -0.39 is 0 Å². The van der Waals surface area contributed by atoms with Gasteiger partial charge in [0.2, 0.25) is 5.91 Å². The topological polar surface area (TPSA) is 74.7 Å². The van der Waals surface area contributed by atoms with Gasteiger partial charge in [0.1, 0.15) is 17.3 Å². The number of nitrogens with zero attached hydrogens (tertiary/aromatic N) is 1. The van der Waals surface area contributed by atoms with Crippen molar-refractivity contribution < 1.29 is 19.5 Å². The molecule has 1 unspecified atom stereocenters. The van der Waals surface area contributed by atoms with Crippen molar-refractivity contribution in [2.45, 2.75) is 64.8 Å². The van der Waals surface area contributed by atoms with E-state index in [1.54, 1.807) is 6.07 Å². The van der Waals surface area contributed by atoms with Crippen LogP contribution in [0.5, 0.6) is 5.75 Å². The van der Waals surface area contributed by atoms with Gasteiger partial charge in [-0.1, -0.05) is 36.4 Å². The molecule has 5 heteroatoms. The molecule has 32 heavy (non-hydrogen) atoms. The molecule has 0 spiro atoms. The lowest BCUT2D eigenvalue weighted by Crippen LogP contribution is -2.37. The van der Waals surface area contributed by atoms with E-state index in [4.69, 9.17) is 0 Å². The van der Waals surface area contributed by atoms with Gasteiger partial charge in [0.15, 0.2) is 0 Å². The van der Waals surface area contributed by atoms with Crippen LogP contribution >= 0.6 is 0 Å². The van der Waals surface area contributed by atoms with E-state index in [-0.39, 0.29) is 35.1 Å². The normalized spacial score (nSPS) is 15.3. The van der Waals surface area contributed by atoms with E-state index in [2.05, 4.69) is 0 Å². The SMILES string of the molecule is CC(=O)CC(CC(C)=O)CN(Cc1ccccc1)C(=O)CC1CCCc2cc(O)ccc21. The first-order valence-corrected chi connectivity index (χ1v) is 11.4. The Morgan fingerprint density at radius 3 is 2.38 bits per heavy atom. The highest BCUT2D eigenvalue weighted by atomic mass is 16.3. The number of ketones is 2. The molecule has 0 saturated heterocycles. The summed E-state index contributed by atoms with van der Waals surface area (Å²) in [5, 5.41) is 9.82. The van der Waals surface area contributed by atoms with Crippen molar-refractivity contribution in [1.82, 2.24) is 4.90 Å². The Labute approximate surface area is 190 Å². The number of amides is 1. The summed E-state index contributed by atoms with van der Waals surface area (Å²) in [5.41, 5.74) is 3.29. The number of phenols is 1. The molecule has 0 aliphatic heterocycles. The van der Waals surface area contributed by atoms with E-state index in [1.807, 2.05) is 47.4 Å². The molecule has 0 saturated carbocycles. The van der Waals surface area contributed by atoms with Gasteiger partial charge in [-0.05, 0) is 73.8 Å². The Balaban J connectivity index is 1.80. The minimum Gasteiger partial charge on any atom is -0.508 e. The second-order valence-electron chi connectivity index (χ2n) is 9.11. The second kappa shape index (κ2) is 11.1. The number of rotatable bonds is 10. The maximum atomic E-state index is 13.5. The summed E-state index contributed by atoms with van der Waals surface area (Å²) in [6, 6.07) is 15.3. The summed E-state index contributed by atoms with van der Waals surface area (Å²) in [7, 11) is 0. The van der Waals surface area contributed by atoms with E-state index in [0.717, 1.165) is 36.0 Å². The first kappa shape index (κ1) is 23.7. The summed E-state index contributed by atoms with van der Waals surface area (Å²) in [5.74, 6) is 0.306. The number of phenolic OH excluding ortho intramolecular Hbond substituents is 1. The monoisotopic (exact) mass is 435 g/mol. The highest BCUT2D eigenvalue weighted by Gasteiger charge is 2.27. The van der Waals surface area contributed by atoms with E-state index in [9.17, 15) is 19.5 Å².